The summed E-state index contributed by atoms with van der Waals surface area (Å²) in [5.74, 6) is -1.11. The van der Waals surface area contributed by atoms with E-state index in [1.807, 2.05) is 0 Å². The highest BCUT2D eigenvalue weighted by Crippen LogP contribution is 2.43. The third-order valence-electron chi connectivity index (χ3n) is 4.15. The van der Waals surface area contributed by atoms with Gasteiger partial charge in [0.05, 0.1) is 5.41 Å². The third kappa shape index (κ3) is 2.47. The summed E-state index contributed by atoms with van der Waals surface area (Å²) >= 11 is 0. The quantitative estimate of drug-likeness (QED) is 0.759. The van der Waals surface area contributed by atoms with Gasteiger partial charge >= 0.3 is 0 Å². The molecule has 1 aromatic carbocycles. The Balaban J connectivity index is 1.71. The second kappa shape index (κ2) is 5.63. The molecule has 3 rings (SSSR count). The minimum atomic E-state index is -0.759. The molecule has 0 radical (unpaired) electrons. The molecule has 1 aromatic heterocycles. The summed E-state index contributed by atoms with van der Waals surface area (Å²) in [6, 6.07) is 9.36. The highest BCUT2D eigenvalue weighted by Gasteiger charge is 2.46. The van der Waals surface area contributed by atoms with E-state index in [9.17, 15) is 14.0 Å². The van der Waals surface area contributed by atoms with Crippen molar-refractivity contribution in [3.63, 3.8) is 0 Å². The van der Waals surface area contributed by atoms with Crippen LogP contribution in [0.25, 0.3) is 0 Å². The Morgan fingerprint density at radius 1 is 1.14 bits per heavy atom. The van der Waals surface area contributed by atoms with Gasteiger partial charge in [-0.05, 0) is 42.7 Å². The van der Waals surface area contributed by atoms with Gasteiger partial charge in [0.15, 0.2) is 0 Å². The van der Waals surface area contributed by atoms with Gasteiger partial charge in [0.1, 0.15) is 11.5 Å². The van der Waals surface area contributed by atoms with Crippen LogP contribution < -0.4 is 10.9 Å². The molecule has 5 nitrogen and oxygen atoms in total. The number of rotatable bonds is 3. The summed E-state index contributed by atoms with van der Waals surface area (Å²) in [4.78, 5) is 27.0. The number of hydrogen-bond donors (Lipinski definition) is 3. The van der Waals surface area contributed by atoms with E-state index in [2.05, 4.69) is 15.8 Å². The molecule has 0 spiro atoms. The average Bonchev–Trinajstić information content (AvgIpc) is 2.98. The van der Waals surface area contributed by atoms with Crippen LogP contribution in [0, 0.1) is 5.82 Å². The lowest BCUT2D eigenvalue weighted by molar-refractivity contribution is -0.130. The number of nitrogens with one attached hydrogen (secondary N) is 3. The summed E-state index contributed by atoms with van der Waals surface area (Å²) in [6.45, 7) is 0. The number of hydrogen-bond acceptors (Lipinski definition) is 2. The van der Waals surface area contributed by atoms with Crippen LogP contribution in [-0.2, 0) is 10.2 Å². The molecule has 22 heavy (non-hydrogen) atoms. The first-order chi connectivity index (χ1) is 10.6. The molecule has 2 amide bonds. The number of amides is 2. The van der Waals surface area contributed by atoms with Crippen molar-refractivity contribution in [3.8, 4) is 0 Å². The smallest absolute Gasteiger partial charge is 0.286 e. The molecule has 0 bridgehead atoms. The summed E-state index contributed by atoms with van der Waals surface area (Å²) < 4.78 is 13.4. The van der Waals surface area contributed by atoms with Crippen LogP contribution in [0.5, 0.6) is 0 Å². The summed E-state index contributed by atoms with van der Waals surface area (Å²) in [7, 11) is 0. The predicted molar refractivity (Wildman–Crippen MR) is 78.3 cm³/mol. The molecule has 1 fully saturated rings. The van der Waals surface area contributed by atoms with Gasteiger partial charge in [-0.1, -0.05) is 18.6 Å². The topological polar surface area (TPSA) is 74.0 Å². The summed E-state index contributed by atoms with van der Waals surface area (Å²) in [5.41, 5.74) is 5.07. The maximum atomic E-state index is 13.4. The van der Waals surface area contributed by atoms with Crippen LogP contribution in [0.3, 0.4) is 0 Å². The van der Waals surface area contributed by atoms with Gasteiger partial charge in [0.25, 0.3) is 5.91 Å². The van der Waals surface area contributed by atoms with E-state index < -0.39 is 11.3 Å². The van der Waals surface area contributed by atoms with Gasteiger partial charge in [-0.25, -0.2) is 4.39 Å². The van der Waals surface area contributed by atoms with Gasteiger partial charge in [-0.2, -0.15) is 0 Å². The van der Waals surface area contributed by atoms with Crippen molar-refractivity contribution in [1.29, 1.82) is 0 Å². The highest BCUT2D eigenvalue weighted by molar-refractivity contribution is 5.96. The van der Waals surface area contributed by atoms with Crippen molar-refractivity contribution in [2.45, 2.75) is 24.7 Å². The first-order valence-corrected chi connectivity index (χ1v) is 7.12. The molecule has 1 saturated carbocycles. The van der Waals surface area contributed by atoms with Gasteiger partial charge < -0.3 is 4.98 Å². The van der Waals surface area contributed by atoms with E-state index in [-0.39, 0.29) is 11.7 Å². The minimum absolute atomic E-state index is 0.316. The maximum Gasteiger partial charge on any atom is 0.286 e. The molecule has 0 saturated heterocycles. The number of halogens is 1. The predicted octanol–water partition coefficient (Wildman–Crippen LogP) is 2.04. The van der Waals surface area contributed by atoms with Crippen LogP contribution in [0.2, 0.25) is 0 Å². The average molecular weight is 301 g/mol. The molecule has 0 unspecified atom stereocenters. The molecule has 6 heteroatoms. The molecule has 114 valence electrons. The minimum Gasteiger partial charge on any atom is -0.357 e. The fourth-order valence-electron chi connectivity index (χ4n) is 2.74. The Morgan fingerprint density at radius 2 is 1.95 bits per heavy atom. The second-order valence-corrected chi connectivity index (χ2v) is 5.44. The number of carbonyl (C=O) groups is 2. The van der Waals surface area contributed by atoms with E-state index >= 15 is 0 Å². The number of aromatic amines is 1. The van der Waals surface area contributed by atoms with Crippen molar-refractivity contribution in [1.82, 2.24) is 15.8 Å². The largest absolute Gasteiger partial charge is 0.357 e. The van der Waals surface area contributed by atoms with E-state index in [0.29, 0.717) is 24.1 Å². The van der Waals surface area contributed by atoms with Gasteiger partial charge in [-0.15, -0.1) is 0 Å². The van der Waals surface area contributed by atoms with Crippen LogP contribution in [0.1, 0.15) is 35.3 Å². The van der Waals surface area contributed by atoms with Crippen LogP contribution in [-0.4, -0.2) is 16.8 Å². The molecular formula is C16H16FN3O2. The van der Waals surface area contributed by atoms with Gasteiger partial charge in [0, 0.05) is 6.20 Å². The lowest BCUT2D eigenvalue weighted by Crippen LogP contribution is -2.54. The van der Waals surface area contributed by atoms with E-state index in [1.165, 1.54) is 12.1 Å². The first kappa shape index (κ1) is 14.3. The van der Waals surface area contributed by atoms with Crippen LogP contribution >= 0.6 is 0 Å². The van der Waals surface area contributed by atoms with Crippen LogP contribution in [0.15, 0.2) is 42.6 Å². The zero-order chi connectivity index (χ0) is 15.6. The number of aromatic nitrogens is 1. The van der Waals surface area contributed by atoms with Gasteiger partial charge in [-0.3, -0.25) is 20.4 Å². The first-order valence-electron chi connectivity index (χ1n) is 7.12. The molecule has 2 aromatic rings. The monoisotopic (exact) mass is 301 g/mol. The molecular weight excluding hydrogens is 285 g/mol. The third-order valence-corrected chi connectivity index (χ3v) is 4.15. The number of benzene rings is 1. The van der Waals surface area contributed by atoms with Crippen molar-refractivity contribution < 1.29 is 14.0 Å². The van der Waals surface area contributed by atoms with Crippen molar-refractivity contribution in [3.05, 3.63) is 59.7 Å². The Morgan fingerprint density at radius 3 is 2.55 bits per heavy atom. The highest BCUT2D eigenvalue weighted by atomic mass is 19.1. The molecule has 1 aliphatic carbocycles. The van der Waals surface area contributed by atoms with E-state index in [1.54, 1.807) is 30.5 Å². The Kier molecular flexibility index (Phi) is 3.66. The van der Waals surface area contributed by atoms with E-state index in [0.717, 1.165) is 6.42 Å². The van der Waals surface area contributed by atoms with Crippen molar-refractivity contribution >= 4 is 11.8 Å². The Labute approximate surface area is 126 Å². The maximum absolute atomic E-state index is 13.4. The second-order valence-electron chi connectivity index (χ2n) is 5.44. The molecule has 1 aliphatic rings. The number of hydrazine groups is 1. The summed E-state index contributed by atoms with van der Waals surface area (Å²) in [6.07, 6.45) is 3.80. The van der Waals surface area contributed by atoms with E-state index in [4.69, 9.17) is 0 Å². The van der Waals surface area contributed by atoms with Crippen molar-refractivity contribution in [2.24, 2.45) is 0 Å². The standard InChI is InChI=1S/C16H16FN3O2/c17-12-5-1-4-11(10-12)16(7-3-8-16)15(22)20-19-14(21)13-6-2-9-18-13/h1-2,4-6,9-10,18H,3,7-8H2,(H,19,21)(H,20,22). The summed E-state index contributed by atoms with van der Waals surface area (Å²) in [5, 5.41) is 0. The normalized spacial score (nSPS) is 15.7. The number of carbonyl (C=O) groups excluding carboxylic acids is 2. The zero-order valence-electron chi connectivity index (χ0n) is 11.9. The molecule has 0 atom stereocenters. The fourth-order valence-corrected chi connectivity index (χ4v) is 2.74. The molecule has 3 N–H and O–H groups in total. The van der Waals surface area contributed by atoms with Gasteiger partial charge in [0.2, 0.25) is 5.91 Å². The van der Waals surface area contributed by atoms with Crippen LogP contribution in [0.4, 0.5) is 4.39 Å². The fraction of sp³-hybridized carbons (Fsp3) is 0.250. The lowest BCUT2D eigenvalue weighted by atomic mass is 9.64. The number of H-pyrrole nitrogens is 1. The lowest BCUT2D eigenvalue weighted by Gasteiger charge is -2.40. The molecule has 0 aliphatic heterocycles. The zero-order valence-corrected chi connectivity index (χ0v) is 11.9. The SMILES string of the molecule is O=C(NNC(=O)C1(c2cccc(F)c2)CCC1)c1ccc[nH]1. The van der Waals surface area contributed by atoms with Crippen molar-refractivity contribution in [2.75, 3.05) is 0 Å². The Bertz CT molecular complexity index is 693. The Hall–Kier alpha value is -2.63. The molecule has 1 heterocycles.